The smallest absolute Gasteiger partial charge is 0.0499 e. The van der Waals surface area contributed by atoms with Crippen LogP contribution in [0.3, 0.4) is 0 Å². The van der Waals surface area contributed by atoms with Gasteiger partial charge in [0.05, 0.1) is 0 Å². The quantitative estimate of drug-likeness (QED) is 0.565. The summed E-state index contributed by atoms with van der Waals surface area (Å²) in [4.78, 5) is 0. The Morgan fingerprint density at radius 3 is 2.18 bits per heavy atom. The minimum Gasteiger partial charge on any atom is -0.0876 e. The zero-order valence-corrected chi connectivity index (χ0v) is 12.5. The van der Waals surface area contributed by atoms with Gasteiger partial charge in [-0.3, -0.25) is 0 Å². The zero-order chi connectivity index (χ0) is 12.4. The molecule has 2 aromatic carbocycles. The molecule has 0 spiro atoms. The van der Waals surface area contributed by atoms with Crippen LogP contribution in [0.1, 0.15) is 5.56 Å². The van der Waals surface area contributed by atoms with Crippen LogP contribution in [0.4, 0.5) is 0 Å². The molecule has 0 saturated carbocycles. The van der Waals surface area contributed by atoms with Gasteiger partial charge >= 0.3 is 0 Å². The molecule has 0 heterocycles. The van der Waals surface area contributed by atoms with Crippen molar-refractivity contribution in [2.75, 3.05) is 0 Å². The zero-order valence-electron chi connectivity index (χ0n) is 8.68. The van der Waals surface area contributed by atoms with E-state index in [2.05, 4.69) is 15.9 Å². The molecule has 0 saturated heterocycles. The number of alkyl halides is 1. The van der Waals surface area contributed by atoms with E-state index in [1.807, 2.05) is 36.4 Å². The van der Waals surface area contributed by atoms with E-state index in [0.717, 1.165) is 22.0 Å². The number of hydrogen-bond donors (Lipinski definition) is 0. The third-order valence-corrected chi connectivity index (χ3v) is 3.86. The first-order valence-corrected chi connectivity index (χ1v) is 7.17. The second kappa shape index (κ2) is 5.62. The molecule has 0 nitrogen and oxygen atoms in total. The summed E-state index contributed by atoms with van der Waals surface area (Å²) in [7, 11) is 0. The normalized spacial score (nSPS) is 10.6. The molecule has 0 fully saturated rings. The summed E-state index contributed by atoms with van der Waals surface area (Å²) in [6, 6.07) is 11.2. The van der Waals surface area contributed by atoms with Gasteiger partial charge in [-0.2, -0.15) is 0 Å². The van der Waals surface area contributed by atoms with Crippen LogP contribution >= 0.6 is 50.7 Å². The highest BCUT2D eigenvalue weighted by atomic mass is 79.9. The van der Waals surface area contributed by atoms with E-state index < -0.39 is 0 Å². The van der Waals surface area contributed by atoms with E-state index in [1.165, 1.54) is 0 Å². The Morgan fingerprint density at radius 1 is 0.941 bits per heavy atom. The summed E-state index contributed by atoms with van der Waals surface area (Å²) in [5.41, 5.74) is 2.84. The van der Waals surface area contributed by atoms with E-state index in [4.69, 9.17) is 34.8 Å². The van der Waals surface area contributed by atoms with Crippen molar-refractivity contribution in [2.45, 2.75) is 5.33 Å². The van der Waals surface area contributed by atoms with E-state index >= 15 is 0 Å². The van der Waals surface area contributed by atoms with Crippen LogP contribution in [0.5, 0.6) is 0 Å². The second-order valence-electron chi connectivity index (χ2n) is 3.58. The molecule has 0 bridgehead atoms. The lowest BCUT2D eigenvalue weighted by Gasteiger charge is -2.09. The predicted octanol–water partition coefficient (Wildman–Crippen LogP) is 6.21. The third-order valence-electron chi connectivity index (χ3n) is 2.36. The van der Waals surface area contributed by atoms with E-state index in [-0.39, 0.29) is 0 Å². The van der Waals surface area contributed by atoms with Gasteiger partial charge in [0.1, 0.15) is 0 Å². The maximum absolute atomic E-state index is 6.17. The van der Waals surface area contributed by atoms with Gasteiger partial charge in [0.15, 0.2) is 0 Å². The van der Waals surface area contributed by atoms with Gasteiger partial charge in [0.2, 0.25) is 0 Å². The van der Waals surface area contributed by atoms with E-state index in [9.17, 15) is 0 Å². The van der Waals surface area contributed by atoms with E-state index in [0.29, 0.717) is 15.1 Å². The number of benzene rings is 2. The van der Waals surface area contributed by atoms with E-state index in [1.54, 1.807) is 0 Å². The molecule has 2 aromatic rings. The standard InChI is InChI=1S/C13H8BrCl3/c14-7-8-4-9(6-10(15)5-8)13-11(16)2-1-3-12(13)17/h1-6H,7H2. The third kappa shape index (κ3) is 2.97. The van der Waals surface area contributed by atoms with Gasteiger partial charge < -0.3 is 0 Å². The minimum absolute atomic E-state index is 0.625. The van der Waals surface area contributed by atoms with Gasteiger partial charge in [-0.15, -0.1) is 0 Å². The molecule has 88 valence electrons. The fraction of sp³-hybridized carbons (Fsp3) is 0.0769. The lowest BCUT2D eigenvalue weighted by Crippen LogP contribution is -1.85. The Kier molecular flexibility index (Phi) is 4.37. The molecular weight excluding hydrogens is 342 g/mol. The summed E-state index contributed by atoms with van der Waals surface area (Å²) < 4.78 is 0. The minimum atomic E-state index is 0.625. The van der Waals surface area contributed by atoms with Crippen molar-refractivity contribution >= 4 is 50.7 Å². The van der Waals surface area contributed by atoms with Crippen molar-refractivity contribution in [3.63, 3.8) is 0 Å². The molecule has 0 N–H and O–H groups in total. The van der Waals surface area contributed by atoms with Gasteiger partial charge in [0.25, 0.3) is 0 Å². The topological polar surface area (TPSA) is 0 Å². The van der Waals surface area contributed by atoms with Crippen LogP contribution < -0.4 is 0 Å². The fourth-order valence-electron chi connectivity index (χ4n) is 1.65. The molecular formula is C13H8BrCl3. The molecule has 17 heavy (non-hydrogen) atoms. The van der Waals surface area contributed by atoms with Crippen LogP contribution in [-0.4, -0.2) is 0 Å². The molecule has 0 aliphatic rings. The Morgan fingerprint density at radius 2 is 1.59 bits per heavy atom. The average Bonchev–Trinajstić information content (AvgIpc) is 2.28. The SMILES string of the molecule is Clc1cc(CBr)cc(-c2c(Cl)cccc2Cl)c1. The average molecular weight is 350 g/mol. The summed E-state index contributed by atoms with van der Waals surface area (Å²) in [5, 5.41) is 2.66. The Bertz CT molecular complexity index is 532. The molecule has 0 aromatic heterocycles. The van der Waals surface area contributed by atoms with Gasteiger partial charge in [-0.25, -0.2) is 0 Å². The van der Waals surface area contributed by atoms with Crippen LogP contribution in [0.15, 0.2) is 36.4 Å². The van der Waals surface area contributed by atoms with Crippen LogP contribution in [-0.2, 0) is 5.33 Å². The Balaban J connectivity index is 2.64. The Labute approximate surface area is 124 Å². The number of halogens is 4. The Hall–Kier alpha value is -0.210. The van der Waals surface area contributed by atoms with Crippen molar-refractivity contribution in [1.29, 1.82) is 0 Å². The monoisotopic (exact) mass is 348 g/mol. The highest BCUT2D eigenvalue weighted by Gasteiger charge is 2.09. The molecule has 0 aliphatic heterocycles. The van der Waals surface area contributed by atoms with Crippen molar-refractivity contribution in [2.24, 2.45) is 0 Å². The molecule has 0 radical (unpaired) electrons. The molecule has 0 unspecified atom stereocenters. The summed E-state index contributed by atoms with van der Waals surface area (Å²) in [6.45, 7) is 0. The number of rotatable bonds is 2. The first kappa shape index (κ1) is 13.2. The van der Waals surface area contributed by atoms with Crippen molar-refractivity contribution in [1.82, 2.24) is 0 Å². The maximum atomic E-state index is 6.17. The first-order valence-electron chi connectivity index (χ1n) is 4.91. The van der Waals surface area contributed by atoms with Crippen molar-refractivity contribution in [3.05, 3.63) is 57.0 Å². The van der Waals surface area contributed by atoms with Gasteiger partial charge in [-0.05, 0) is 35.4 Å². The summed E-state index contributed by atoms with van der Waals surface area (Å²) in [6.07, 6.45) is 0. The van der Waals surface area contributed by atoms with Crippen LogP contribution in [0.25, 0.3) is 11.1 Å². The first-order chi connectivity index (χ1) is 8.11. The number of hydrogen-bond acceptors (Lipinski definition) is 0. The molecule has 2 rings (SSSR count). The van der Waals surface area contributed by atoms with Gasteiger partial charge in [0, 0.05) is 26.0 Å². The summed E-state index contributed by atoms with van der Waals surface area (Å²) in [5.74, 6) is 0. The van der Waals surface area contributed by atoms with Crippen LogP contribution in [0, 0.1) is 0 Å². The molecule has 4 heteroatoms. The highest BCUT2D eigenvalue weighted by molar-refractivity contribution is 9.08. The second-order valence-corrected chi connectivity index (χ2v) is 5.39. The molecule has 0 aliphatic carbocycles. The van der Waals surface area contributed by atoms with Gasteiger partial charge in [-0.1, -0.05) is 62.9 Å². The predicted molar refractivity (Wildman–Crippen MR) is 79.5 cm³/mol. The fourth-order valence-corrected chi connectivity index (χ4v) is 2.84. The molecule has 0 atom stereocenters. The van der Waals surface area contributed by atoms with Crippen molar-refractivity contribution < 1.29 is 0 Å². The van der Waals surface area contributed by atoms with Crippen LogP contribution in [0.2, 0.25) is 15.1 Å². The maximum Gasteiger partial charge on any atom is 0.0499 e. The molecule has 0 amide bonds. The van der Waals surface area contributed by atoms with Crippen molar-refractivity contribution in [3.8, 4) is 11.1 Å². The largest absolute Gasteiger partial charge is 0.0876 e. The highest BCUT2D eigenvalue weighted by Crippen LogP contribution is 2.36. The lowest BCUT2D eigenvalue weighted by molar-refractivity contribution is 1.43. The lowest BCUT2D eigenvalue weighted by atomic mass is 10.0. The summed E-state index contributed by atoms with van der Waals surface area (Å²) >= 11 is 21.8.